The highest BCUT2D eigenvalue weighted by Gasteiger charge is 2.25. The first-order chi connectivity index (χ1) is 11.1. The molecule has 2 heterocycles. The van der Waals surface area contributed by atoms with E-state index < -0.39 is 23.6 Å². The van der Waals surface area contributed by atoms with Crippen molar-refractivity contribution in [1.29, 1.82) is 0 Å². The van der Waals surface area contributed by atoms with Crippen LogP contribution in [-0.4, -0.2) is 41.7 Å². The number of β-amino-alcohol motifs (C(OH)–C–C–N with tert-alkyl or cyclic N) is 1. The van der Waals surface area contributed by atoms with Gasteiger partial charge in [-0.1, -0.05) is 6.07 Å². The first kappa shape index (κ1) is 16.0. The number of aliphatic hydroxyl groups is 1. The van der Waals surface area contributed by atoms with Crippen molar-refractivity contribution >= 4 is 17.2 Å². The molecular weight excluding hydrogens is 324 g/mol. The fourth-order valence-electron chi connectivity index (χ4n) is 2.44. The third kappa shape index (κ3) is 3.39. The Kier molecular flexibility index (Phi) is 4.65. The summed E-state index contributed by atoms with van der Waals surface area (Å²) in [6.07, 6.45) is -0.492. The molecule has 1 aliphatic heterocycles. The standard InChI is InChI=1S/C15H15F2N3O2S/c16-9-2-1-3-10(17)13(9)15-20-11(7-23-15)14(22)19-5-8-4-18-6-12(8)21/h1-3,7-8,12,18,21H,4-6H2,(H,19,22). The highest BCUT2D eigenvalue weighted by Crippen LogP contribution is 2.28. The molecule has 0 radical (unpaired) electrons. The summed E-state index contributed by atoms with van der Waals surface area (Å²) in [5, 5.41) is 17.0. The van der Waals surface area contributed by atoms with Crippen LogP contribution in [0.1, 0.15) is 10.5 Å². The molecule has 0 spiro atoms. The zero-order valence-corrected chi connectivity index (χ0v) is 12.9. The van der Waals surface area contributed by atoms with Crippen LogP contribution in [0.25, 0.3) is 10.6 Å². The predicted molar refractivity (Wildman–Crippen MR) is 82.2 cm³/mol. The summed E-state index contributed by atoms with van der Waals surface area (Å²) in [7, 11) is 0. The number of aromatic nitrogens is 1. The second-order valence-corrected chi connectivity index (χ2v) is 6.19. The van der Waals surface area contributed by atoms with Crippen molar-refractivity contribution in [3.8, 4) is 10.6 Å². The fraction of sp³-hybridized carbons (Fsp3) is 0.333. The Morgan fingerprint density at radius 3 is 2.78 bits per heavy atom. The van der Waals surface area contributed by atoms with Crippen LogP contribution in [0.4, 0.5) is 8.78 Å². The van der Waals surface area contributed by atoms with E-state index in [4.69, 9.17) is 0 Å². The van der Waals surface area contributed by atoms with Gasteiger partial charge in [-0.05, 0) is 12.1 Å². The van der Waals surface area contributed by atoms with Gasteiger partial charge in [0.15, 0.2) is 0 Å². The number of carbonyl (C=O) groups excluding carboxylic acids is 1. The topological polar surface area (TPSA) is 74.2 Å². The average molecular weight is 339 g/mol. The lowest BCUT2D eigenvalue weighted by Crippen LogP contribution is -2.34. The van der Waals surface area contributed by atoms with Gasteiger partial charge in [-0.15, -0.1) is 11.3 Å². The lowest BCUT2D eigenvalue weighted by atomic mass is 10.1. The summed E-state index contributed by atoms with van der Waals surface area (Å²) < 4.78 is 27.5. The molecule has 0 bridgehead atoms. The van der Waals surface area contributed by atoms with E-state index >= 15 is 0 Å². The van der Waals surface area contributed by atoms with Gasteiger partial charge in [-0.3, -0.25) is 4.79 Å². The lowest BCUT2D eigenvalue weighted by Gasteiger charge is -2.13. The monoisotopic (exact) mass is 339 g/mol. The van der Waals surface area contributed by atoms with E-state index in [9.17, 15) is 18.7 Å². The summed E-state index contributed by atoms with van der Waals surface area (Å²) in [6, 6.07) is 3.57. The molecule has 2 aromatic rings. The van der Waals surface area contributed by atoms with Crippen LogP contribution < -0.4 is 10.6 Å². The molecule has 23 heavy (non-hydrogen) atoms. The highest BCUT2D eigenvalue weighted by atomic mass is 32.1. The molecule has 8 heteroatoms. The molecule has 1 amide bonds. The maximum absolute atomic E-state index is 13.7. The lowest BCUT2D eigenvalue weighted by molar-refractivity contribution is 0.0923. The van der Waals surface area contributed by atoms with Crippen molar-refractivity contribution in [3.63, 3.8) is 0 Å². The van der Waals surface area contributed by atoms with Crippen LogP contribution >= 0.6 is 11.3 Å². The number of thiazole rings is 1. The van der Waals surface area contributed by atoms with E-state index in [0.29, 0.717) is 19.6 Å². The molecule has 2 unspecified atom stereocenters. The Morgan fingerprint density at radius 1 is 1.39 bits per heavy atom. The molecule has 3 N–H and O–H groups in total. The SMILES string of the molecule is O=C(NCC1CNCC1O)c1csc(-c2c(F)cccc2F)n1. The van der Waals surface area contributed by atoms with E-state index in [1.54, 1.807) is 0 Å². The number of benzene rings is 1. The Balaban J connectivity index is 1.70. The molecule has 1 saturated heterocycles. The molecule has 0 aliphatic carbocycles. The molecule has 0 saturated carbocycles. The first-order valence-electron chi connectivity index (χ1n) is 7.13. The number of nitrogens with one attached hydrogen (secondary N) is 2. The van der Waals surface area contributed by atoms with E-state index in [0.717, 1.165) is 23.5 Å². The number of nitrogens with zero attached hydrogens (tertiary/aromatic N) is 1. The quantitative estimate of drug-likeness (QED) is 0.787. The van der Waals surface area contributed by atoms with Gasteiger partial charge in [-0.25, -0.2) is 13.8 Å². The van der Waals surface area contributed by atoms with Crippen LogP contribution in [0.2, 0.25) is 0 Å². The van der Waals surface area contributed by atoms with Crippen LogP contribution in [0.3, 0.4) is 0 Å². The third-order valence-corrected chi connectivity index (χ3v) is 4.60. The van der Waals surface area contributed by atoms with Gasteiger partial charge >= 0.3 is 0 Å². The maximum Gasteiger partial charge on any atom is 0.270 e. The minimum absolute atomic E-state index is 0.0546. The Labute approximate surface area is 135 Å². The molecule has 2 atom stereocenters. The van der Waals surface area contributed by atoms with Crippen molar-refractivity contribution in [3.05, 3.63) is 40.9 Å². The minimum atomic E-state index is -0.716. The van der Waals surface area contributed by atoms with Crippen molar-refractivity contribution in [2.45, 2.75) is 6.10 Å². The molecule has 1 aromatic carbocycles. The summed E-state index contributed by atoms with van der Waals surface area (Å²) in [5.41, 5.74) is -0.125. The van der Waals surface area contributed by atoms with E-state index in [-0.39, 0.29) is 22.2 Å². The van der Waals surface area contributed by atoms with Crippen LogP contribution in [0, 0.1) is 17.6 Å². The van der Waals surface area contributed by atoms with Gasteiger partial charge in [0, 0.05) is 30.9 Å². The van der Waals surface area contributed by atoms with Crippen LogP contribution in [-0.2, 0) is 0 Å². The molecule has 3 rings (SSSR count). The second-order valence-electron chi connectivity index (χ2n) is 5.33. The van der Waals surface area contributed by atoms with Gasteiger partial charge < -0.3 is 15.7 Å². The van der Waals surface area contributed by atoms with E-state index in [2.05, 4.69) is 15.6 Å². The molecular formula is C15H15F2N3O2S. The number of amides is 1. The van der Waals surface area contributed by atoms with Gasteiger partial charge in [0.05, 0.1) is 11.7 Å². The van der Waals surface area contributed by atoms with Crippen LogP contribution in [0.5, 0.6) is 0 Å². The largest absolute Gasteiger partial charge is 0.391 e. The number of halogens is 2. The Morgan fingerprint density at radius 2 is 2.13 bits per heavy atom. The summed E-state index contributed by atoms with van der Waals surface area (Å²) in [4.78, 5) is 16.1. The van der Waals surface area contributed by atoms with Crippen LogP contribution in [0.15, 0.2) is 23.6 Å². The Hall–Kier alpha value is -1.90. The molecule has 5 nitrogen and oxygen atoms in total. The van der Waals surface area contributed by atoms with Gasteiger partial charge in [0.2, 0.25) is 0 Å². The second kappa shape index (κ2) is 6.69. The zero-order valence-electron chi connectivity index (χ0n) is 12.1. The molecule has 122 valence electrons. The van der Waals surface area contributed by atoms with Crippen molar-refractivity contribution in [2.24, 2.45) is 5.92 Å². The first-order valence-corrected chi connectivity index (χ1v) is 8.01. The fourth-order valence-corrected chi connectivity index (χ4v) is 3.28. The summed E-state index contributed by atoms with van der Waals surface area (Å²) in [5.74, 6) is -1.91. The third-order valence-electron chi connectivity index (χ3n) is 3.74. The van der Waals surface area contributed by atoms with Gasteiger partial charge in [-0.2, -0.15) is 0 Å². The highest BCUT2D eigenvalue weighted by molar-refractivity contribution is 7.13. The van der Waals surface area contributed by atoms with Crippen molar-refractivity contribution in [2.75, 3.05) is 19.6 Å². The number of hydrogen-bond acceptors (Lipinski definition) is 5. The van der Waals surface area contributed by atoms with Crippen molar-refractivity contribution < 1.29 is 18.7 Å². The summed E-state index contributed by atoms with van der Waals surface area (Å²) >= 11 is 1.00. The molecule has 1 fully saturated rings. The summed E-state index contributed by atoms with van der Waals surface area (Å²) in [6.45, 7) is 1.45. The molecule has 1 aliphatic rings. The van der Waals surface area contributed by atoms with E-state index in [1.165, 1.54) is 11.4 Å². The smallest absolute Gasteiger partial charge is 0.270 e. The number of hydrogen-bond donors (Lipinski definition) is 3. The molecule has 1 aromatic heterocycles. The van der Waals surface area contributed by atoms with E-state index in [1.807, 2.05) is 0 Å². The number of aliphatic hydroxyl groups excluding tert-OH is 1. The Bertz CT molecular complexity index is 702. The maximum atomic E-state index is 13.7. The van der Waals surface area contributed by atoms with Gasteiger partial charge in [0.1, 0.15) is 22.3 Å². The normalized spacial score (nSPS) is 20.7. The minimum Gasteiger partial charge on any atom is -0.391 e. The number of rotatable bonds is 4. The van der Waals surface area contributed by atoms with Gasteiger partial charge in [0.25, 0.3) is 5.91 Å². The zero-order chi connectivity index (χ0) is 16.4. The average Bonchev–Trinajstić information content (AvgIpc) is 3.14. The van der Waals surface area contributed by atoms with Crippen molar-refractivity contribution in [1.82, 2.24) is 15.6 Å². The number of carbonyl (C=O) groups is 1. The predicted octanol–water partition coefficient (Wildman–Crippen LogP) is 1.40.